The molecule has 7 nitrogen and oxygen atoms in total. The fourth-order valence-electron chi connectivity index (χ4n) is 4.01. The lowest BCUT2D eigenvalue weighted by molar-refractivity contribution is -0.122. The van der Waals surface area contributed by atoms with Gasteiger partial charge in [0.05, 0.1) is 7.11 Å². The van der Waals surface area contributed by atoms with E-state index >= 15 is 0 Å². The Morgan fingerprint density at radius 2 is 1.76 bits per heavy atom. The van der Waals surface area contributed by atoms with Crippen molar-refractivity contribution < 1.29 is 19.1 Å². The summed E-state index contributed by atoms with van der Waals surface area (Å²) in [7, 11) is 3.16. The number of nitrogens with one attached hydrogen (secondary N) is 2. The Morgan fingerprint density at radius 1 is 1.00 bits per heavy atom. The molecular weight excluding hydrogens is 418 g/mol. The highest BCUT2D eigenvalue weighted by molar-refractivity contribution is 5.98. The summed E-state index contributed by atoms with van der Waals surface area (Å²) in [5.74, 6) is 0.576. The van der Waals surface area contributed by atoms with Crippen molar-refractivity contribution >= 4 is 17.5 Å². The van der Waals surface area contributed by atoms with Gasteiger partial charge in [-0.3, -0.25) is 9.59 Å². The van der Waals surface area contributed by atoms with Crippen LogP contribution in [-0.2, 0) is 22.6 Å². The summed E-state index contributed by atoms with van der Waals surface area (Å²) >= 11 is 0. The average Bonchev–Trinajstić information content (AvgIpc) is 2.83. The summed E-state index contributed by atoms with van der Waals surface area (Å²) in [5, 5.41) is 6.45. The molecule has 0 fully saturated rings. The van der Waals surface area contributed by atoms with Crippen molar-refractivity contribution in [3.05, 3.63) is 59.2 Å². The van der Waals surface area contributed by atoms with Crippen LogP contribution < -0.4 is 20.3 Å². The van der Waals surface area contributed by atoms with E-state index in [2.05, 4.69) is 10.6 Å². The maximum absolute atomic E-state index is 12.9. The molecule has 0 aliphatic carbocycles. The third-order valence-corrected chi connectivity index (χ3v) is 5.86. The molecule has 7 heteroatoms. The van der Waals surface area contributed by atoms with E-state index in [0.717, 1.165) is 48.4 Å². The lowest BCUT2D eigenvalue weighted by Gasteiger charge is -2.26. The van der Waals surface area contributed by atoms with E-state index in [9.17, 15) is 9.59 Å². The van der Waals surface area contributed by atoms with Gasteiger partial charge in [-0.15, -0.1) is 0 Å². The Morgan fingerprint density at radius 3 is 2.52 bits per heavy atom. The van der Waals surface area contributed by atoms with Crippen LogP contribution in [-0.4, -0.2) is 45.7 Å². The Hall–Kier alpha value is -2.90. The maximum Gasteiger partial charge on any atom is 0.252 e. The van der Waals surface area contributed by atoms with Crippen LogP contribution >= 0.6 is 0 Å². The van der Waals surface area contributed by atoms with Crippen molar-refractivity contribution in [1.82, 2.24) is 10.6 Å². The molecule has 1 aliphatic heterocycles. The molecule has 1 heterocycles. The summed E-state index contributed by atoms with van der Waals surface area (Å²) in [6.07, 6.45) is 5.53. The van der Waals surface area contributed by atoms with Crippen LogP contribution in [0.15, 0.2) is 42.5 Å². The van der Waals surface area contributed by atoms with Crippen molar-refractivity contribution in [3.8, 4) is 5.75 Å². The van der Waals surface area contributed by atoms with E-state index in [4.69, 9.17) is 9.47 Å². The highest BCUT2D eigenvalue weighted by Gasteiger charge is 2.20. The number of nitrogens with zero attached hydrogens (tertiary/aromatic N) is 1. The number of methoxy groups -OCH3 is 2. The standard InChI is InChI=1S/C26H35N3O4/c1-32-19-25(30)29-15-7-5-3-4-6-14-27-18-22-16-21(10-13-24(22)29)26(31)28-17-20-8-11-23(33-2)12-9-20/h8-13,16,27H,3-7,14-15,17-19H2,1-2H3,(H,28,31). The van der Waals surface area contributed by atoms with Crippen molar-refractivity contribution in [3.63, 3.8) is 0 Å². The second-order valence-electron chi connectivity index (χ2n) is 8.30. The molecule has 1 aliphatic rings. The second kappa shape index (κ2) is 13.0. The second-order valence-corrected chi connectivity index (χ2v) is 8.30. The zero-order valence-corrected chi connectivity index (χ0v) is 19.7. The molecule has 0 atom stereocenters. The number of hydrogen-bond acceptors (Lipinski definition) is 5. The van der Waals surface area contributed by atoms with Crippen LogP contribution in [0.2, 0.25) is 0 Å². The third-order valence-electron chi connectivity index (χ3n) is 5.86. The molecule has 0 saturated carbocycles. The molecule has 0 spiro atoms. The van der Waals surface area contributed by atoms with Gasteiger partial charge in [-0.2, -0.15) is 0 Å². The molecular formula is C26H35N3O4. The highest BCUT2D eigenvalue weighted by atomic mass is 16.5. The highest BCUT2D eigenvalue weighted by Crippen LogP contribution is 2.24. The Kier molecular flexibility index (Phi) is 9.72. The molecule has 2 aromatic carbocycles. The van der Waals surface area contributed by atoms with Crippen LogP contribution in [0.3, 0.4) is 0 Å². The van der Waals surface area contributed by atoms with E-state index in [1.807, 2.05) is 36.4 Å². The topological polar surface area (TPSA) is 79.9 Å². The van der Waals surface area contributed by atoms with E-state index in [1.54, 1.807) is 18.1 Å². The Balaban J connectivity index is 1.78. The molecule has 0 radical (unpaired) electrons. The number of anilines is 1. The lowest BCUT2D eigenvalue weighted by atomic mass is 10.0. The van der Waals surface area contributed by atoms with Gasteiger partial charge in [0, 0.05) is 38.0 Å². The number of hydrogen-bond donors (Lipinski definition) is 2. The maximum atomic E-state index is 12.9. The van der Waals surface area contributed by atoms with E-state index < -0.39 is 0 Å². The number of ether oxygens (including phenoxy) is 2. The minimum Gasteiger partial charge on any atom is -0.497 e. The molecule has 2 N–H and O–H groups in total. The van der Waals surface area contributed by atoms with Crippen LogP contribution in [0.4, 0.5) is 5.69 Å². The molecule has 33 heavy (non-hydrogen) atoms. The van der Waals surface area contributed by atoms with Crippen LogP contribution in [0.1, 0.15) is 53.6 Å². The normalized spacial score (nSPS) is 15.0. The molecule has 0 aromatic heterocycles. The zero-order valence-electron chi connectivity index (χ0n) is 19.7. The number of carbonyl (C=O) groups excluding carboxylic acids is 2. The summed E-state index contributed by atoms with van der Waals surface area (Å²) in [4.78, 5) is 27.5. The number of benzene rings is 2. The first-order chi connectivity index (χ1) is 16.1. The first kappa shape index (κ1) is 24.7. The van der Waals surface area contributed by atoms with Crippen molar-refractivity contribution in [2.45, 2.75) is 45.2 Å². The van der Waals surface area contributed by atoms with Crippen molar-refractivity contribution in [2.75, 3.05) is 38.8 Å². The number of fused-ring (bicyclic) bond motifs is 1. The summed E-state index contributed by atoms with van der Waals surface area (Å²) in [6, 6.07) is 13.2. The third kappa shape index (κ3) is 7.30. The van der Waals surface area contributed by atoms with Gasteiger partial charge in [-0.1, -0.05) is 31.4 Å². The molecule has 2 aromatic rings. The van der Waals surface area contributed by atoms with Gasteiger partial charge in [-0.05, 0) is 60.8 Å². The van der Waals surface area contributed by atoms with E-state index in [1.165, 1.54) is 20.0 Å². The van der Waals surface area contributed by atoms with Crippen LogP contribution in [0.5, 0.6) is 5.75 Å². The number of rotatable bonds is 6. The van der Waals surface area contributed by atoms with E-state index in [0.29, 0.717) is 25.2 Å². The van der Waals surface area contributed by atoms with Gasteiger partial charge in [-0.25, -0.2) is 0 Å². The fourth-order valence-corrected chi connectivity index (χ4v) is 4.01. The predicted octanol–water partition coefficient (Wildman–Crippen LogP) is 3.66. The van der Waals surface area contributed by atoms with Crippen molar-refractivity contribution in [1.29, 1.82) is 0 Å². The number of amides is 2. The monoisotopic (exact) mass is 453 g/mol. The van der Waals surface area contributed by atoms with Crippen LogP contribution in [0.25, 0.3) is 0 Å². The Labute approximate surface area is 196 Å². The van der Waals surface area contributed by atoms with Gasteiger partial charge < -0.3 is 25.0 Å². The molecule has 178 valence electrons. The molecule has 2 amide bonds. The van der Waals surface area contributed by atoms with Gasteiger partial charge in [0.1, 0.15) is 12.4 Å². The first-order valence-electron chi connectivity index (χ1n) is 11.7. The molecule has 0 bridgehead atoms. The zero-order chi connectivity index (χ0) is 23.5. The van der Waals surface area contributed by atoms with Gasteiger partial charge in [0.2, 0.25) is 0 Å². The quantitative estimate of drug-likeness (QED) is 0.698. The fraction of sp³-hybridized carbons (Fsp3) is 0.462. The summed E-state index contributed by atoms with van der Waals surface area (Å²) < 4.78 is 10.3. The largest absolute Gasteiger partial charge is 0.497 e. The first-order valence-corrected chi connectivity index (χ1v) is 11.7. The van der Waals surface area contributed by atoms with Gasteiger partial charge in [0.25, 0.3) is 11.8 Å². The number of carbonyl (C=O) groups is 2. The van der Waals surface area contributed by atoms with Gasteiger partial charge in [0.15, 0.2) is 0 Å². The summed E-state index contributed by atoms with van der Waals surface area (Å²) in [6.45, 7) is 2.64. The summed E-state index contributed by atoms with van der Waals surface area (Å²) in [5.41, 5.74) is 3.36. The Bertz CT molecular complexity index is 914. The minimum absolute atomic E-state index is 0.0387. The van der Waals surface area contributed by atoms with Crippen molar-refractivity contribution in [2.24, 2.45) is 0 Å². The molecule has 3 rings (SSSR count). The predicted molar refractivity (Wildman–Crippen MR) is 130 cm³/mol. The lowest BCUT2D eigenvalue weighted by Crippen LogP contribution is -2.36. The average molecular weight is 454 g/mol. The SMILES string of the molecule is COCC(=O)N1CCCCCCCNCc2cc(C(=O)NCc3ccc(OC)cc3)ccc21. The minimum atomic E-state index is -0.144. The smallest absolute Gasteiger partial charge is 0.252 e. The van der Waals surface area contributed by atoms with E-state index in [-0.39, 0.29) is 18.4 Å². The van der Waals surface area contributed by atoms with Gasteiger partial charge >= 0.3 is 0 Å². The molecule has 0 saturated heterocycles. The van der Waals surface area contributed by atoms with Crippen LogP contribution in [0, 0.1) is 0 Å². The molecule has 0 unspecified atom stereocenters.